The fourth-order valence-electron chi connectivity index (χ4n) is 3.24. The van der Waals surface area contributed by atoms with E-state index >= 15 is 0 Å². The van der Waals surface area contributed by atoms with E-state index in [-0.39, 0.29) is 5.91 Å². The maximum atomic E-state index is 12.7. The number of pyridine rings is 1. The van der Waals surface area contributed by atoms with Gasteiger partial charge in [-0.15, -0.1) is 0 Å². The predicted octanol–water partition coefficient (Wildman–Crippen LogP) is 2.96. The Kier molecular flexibility index (Phi) is 5.06. The fourth-order valence-corrected chi connectivity index (χ4v) is 3.24. The number of rotatable bonds is 4. The third-order valence-electron chi connectivity index (χ3n) is 4.97. The number of benzene rings is 1. The van der Waals surface area contributed by atoms with Crippen molar-refractivity contribution >= 4 is 11.7 Å². The SMILES string of the molecule is CCc1nc(-c2ccc(N3CCN(C(=O)c4ccc(C)cc4)CC3)nc2)no1. The van der Waals surface area contributed by atoms with Crippen molar-refractivity contribution in [3.8, 4) is 11.4 Å². The van der Waals surface area contributed by atoms with E-state index in [2.05, 4.69) is 20.0 Å². The van der Waals surface area contributed by atoms with Crippen LogP contribution < -0.4 is 4.90 Å². The maximum Gasteiger partial charge on any atom is 0.253 e. The second-order valence-corrected chi connectivity index (χ2v) is 6.92. The molecule has 1 fully saturated rings. The fraction of sp³-hybridized carbons (Fsp3) is 0.333. The molecule has 1 saturated heterocycles. The number of anilines is 1. The van der Waals surface area contributed by atoms with Gasteiger partial charge in [-0.1, -0.05) is 29.8 Å². The first-order valence-electron chi connectivity index (χ1n) is 9.54. The Morgan fingerprint density at radius 3 is 2.43 bits per heavy atom. The molecule has 0 bridgehead atoms. The molecule has 144 valence electrons. The number of hydrogen-bond acceptors (Lipinski definition) is 6. The predicted molar refractivity (Wildman–Crippen MR) is 106 cm³/mol. The van der Waals surface area contributed by atoms with Crippen molar-refractivity contribution in [1.29, 1.82) is 0 Å². The van der Waals surface area contributed by atoms with Crippen LogP contribution in [0.25, 0.3) is 11.4 Å². The molecule has 0 saturated carbocycles. The number of carbonyl (C=O) groups is 1. The van der Waals surface area contributed by atoms with E-state index in [1.165, 1.54) is 0 Å². The average molecular weight is 377 g/mol. The quantitative estimate of drug-likeness (QED) is 0.696. The Hall–Kier alpha value is -3.22. The van der Waals surface area contributed by atoms with Crippen molar-refractivity contribution in [3.05, 3.63) is 59.6 Å². The van der Waals surface area contributed by atoms with E-state index in [9.17, 15) is 4.79 Å². The summed E-state index contributed by atoms with van der Waals surface area (Å²) < 4.78 is 5.16. The van der Waals surface area contributed by atoms with Gasteiger partial charge < -0.3 is 14.3 Å². The zero-order valence-electron chi connectivity index (χ0n) is 16.1. The Balaban J connectivity index is 1.38. The molecule has 7 nitrogen and oxygen atoms in total. The van der Waals surface area contributed by atoms with E-state index in [0.29, 0.717) is 31.2 Å². The summed E-state index contributed by atoms with van der Waals surface area (Å²) in [4.78, 5) is 25.6. The molecule has 0 aliphatic carbocycles. The van der Waals surface area contributed by atoms with Crippen molar-refractivity contribution < 1.29 is 9.32 Å². The van der Waals surface area contributed by atoms with Crippen LogP contribution in [0, 0.1) is 6.92 Å². The zero-order chi connectivity index (χ0) is 19.5. The normalized spacial score (nSPS) is 14.4. The molecule has 7 heteroatoms. The van der Waals surface area contributed by atoms with Crippen LogP contribution >= 0.6 is 0 Å². The van der Waals surface area contributed by atoms with Crippen LogP contribution in [-0.2, 0) is 6.42 Å². The first kappa shape index (κ1) is 18.2. The molecular weight excluding hydrogens is 354 g/mol. The Morgan fingerprint density at radius 2 is 1.82 bits per heavy atom. The lowest BCUT2D eigenvalue weighted by molar-refractivity contribution is 0.0746. The summed E-state index contributed by atoms with van der Waals surface area (Å²) in [5.74, 6) is 2.16. The van der Waals surface area contributed by atoms with Gasteiger partial charge in [-0.25, -0.2) is 4.98 Å². The van der Waals surface area contributed by atoms with Gasteiger partial charge in [-0.2, -0.15) is 4.98 Å². The van der Waals surface area contributed by atoms with Gasteiger partial charge in [-0.3, -0.25) is 4.79 Å². The molecule has 3 heterocycles. The van der Waals surface area contributed by atoms with Crippen molar-refractivity contribution in [2.24, 2.45) is 0 Å². The van der Waals surface area contributed by atoms with Gasteiger partial charge in [-0.05, 0) is 31.2 Å². The molecule has 0 N–H and O–H groups in total. The molecule has 0 atom stereocenters. The van der Waals surface area contributed by atoms with Gasteiger partial charge in [0.05, 0.1) is 0 Å². The van der Waals surface area contributed by atoms with Gasteiger partial charge in [0.15, 0.2) is 0 Å². The second-order valence-electron chi connectivity index (χ2n) is 6.92. The summed E-state index contributed by atoms with van der Waals surface area (Å²) in [5.41, 5.74) is 2.73. The molecule has 4 rings (SSSR count). The molecule has 28 heavy (non-hydrogen) atoms. The average Bonchev–Trinajstić information content (AvgIpc) is 3.23. The molecule has 0 radical (unpaired) electrons. The lowest BCUT2D eigenvalue weighted by Crippen LogP contribution is -2.49. The Morgan fingerprint density at radius 1 is 1.07 bits per heavy atom. The summed E-state index contributed by atoms with van der Waals surface area (Å²) >= 11 is 0. The molecule has 3 aromatic rings. The van der Waals surface area contributed by atoms with Crippen LogP contribution in [0.2, 0.25) is 0 Å². The first-order valence-corrected chi connectivity index (χ1v) is 9.54. The van der Waals surface area contributed by atoms with Crippen LogP contribution in [0.5, 0.6) is 0 Å². The lowest BCUT2D eigenvalue weighted by Gasteiger charge is -2.35. The highest BCUT2D eigenvalue weighted by Crippen LogP contribution is 2.20. The van der Waals surface area contributed by atoms with E-state index in [1.54, 1.807) is 6.20 Å². The smallest absolute Gasteiger partial charge is 0.253 e. The van der Waals surface area contributed by atoms with Crippen molar-refractivity contribution in [2.75, 3.05) is 31.1 Å². The minimum Gasteiger partial charge on any atom is -0.353 e. The van der Waals surface area contributed by atoms with Gasteiger partial charge >= 0.3 is 0 Å². The molecular formula is C21H23N5O2. The van der Waals surface area contributed by atoms with E-state index in [1.807, 2.05) is 55.1 Å². The molecule has 1 aromatic carbocycles. The van der Waals surface area contributed by atoms with Crippen molar-refractivity contribution in [1.82, 2.24) is 20.0 Å². The van der Waals surface area contributed by atoms with Crippen LogP contribution in [0.15, 0.2) is 47.1 Å². The monoisotopic (exact) mass is 377 g/mol. The first-order chi connectivity index (χ1) is 13.6. The summed E-state index contributed by atoms with van der Waals surface area (Å²) in [6.45, 7) is 6.87. The minimum absolute atomic E-state index is 0.0896. The molecule has 2 aromatic heterocycles. The summed E-state index contributed by atoms with van der Waals surface area (Å²) in [6.07, 6.45) is 2.48. The summed E-state index contributed by atoms with van der Waals surface area (Å²) in [7, 11) is 0. The third kappa shape index (κ3) is 3.74. The van der Waals surface area contributed by atoms with Crippen LogP contribution in [0.1, 0.15) is 28.7 Å². The highest BCUT2D eigenvalue weighted by atomic mass is 16.5. The largest absolute Gasteiger partial charge is 0.353 e. The van der Waals surface area contributed by atoms with Gasteiger partial charge in [0, 0.05) is 49.9 Å². The molecule has 1 aliphatic heterocycles. The van der Waals surface area contributed by atoms with Crippen molar-refractivity contribution in [3.63, 3.8) is 0 Å². The van der Waals surface area contributed by atoms with Gasteiger partial charge in [0.1, 0.15) is 5.82 Å². The highest BCUT2D eigenvalue weighted by Gasteiger charge is 2.23. The maximum absolute atomic E-state index is 12.7. The van der Waals surface area contributed by atoms with Crippen LogP contribution in [-0.4, -0.2) is 52.1 Å². The number of amides is 1. The Labute approximate surface area is 164 Å². The topological polar surface area (TPSA) is 75.4 Å². The van der Waals surface area contributed by atoms with Crippen LogP contribution in [0.3, 0.4) is 0 Å². The number of hydrogen-bond donors (Lipinski definition) is 0. The lowest BCUT2D eigenvalue weighted by atomic mass is 10.1. The second kappa shape index (κ2) is 7.80. The highest BCUT2D eigenvalue weighted by molar-refractivity contribution is 5.94. The number of nitrogens with zero attached hydrogens (tertiary/aromatic N) is 5. The van der Waals surface area contributed by atoms with Gasteiger partial charge in [0.25, 0.3) is 5.91 Å². The van der Waals surface area contributed by atoms with Crippen molar-refractivity contribution in [2.45, 2.75) is 20.3 Å². The summed E-state index contributed by atoms with van der Waals surface area (Å²) in [6, 6.07) is 11.7. The molecule has 0 spiro atoms. The molecule has 1 amide bonds. The standard InChI is InChI=1S/C21H23N5O2/c1-3-19-23-20(24-28-19)17-8-9-18(22-14-17)25-10-12-26(13-11-25)21(27)16-6-4-15(2)5-7-16/h4-9,14H,3,10-13H2,1-2H3. The number of aromatic nitrogens is 3. The van der Waals surface area contributed by atoms with E-state index < -0.39 is 0 Å². The molecule has 1 aliphatic rings. The summed E-state index contributed by atoms with van der Waals surface area (Å²) in [5, 5.41) is 3.98. The number of carbonyl (C=O) groups excluding carboxylic acids is 1. The Bertz CT molecular complexity index is 942. The number of aryl methyl sites for hydroxylation is 2. The zero-order valence-corrected chi connectivity index (χ0v) is 16.1. The third-order valence-corrected chi connectivity index (χ3v) is 4.97. The van der Waals surface area contributed by atoms with Gasteiger partial charge in [0.2, 0.25) is 11.7 Å². The minimum atomic E-state index is 0.0896. The number of piperazine rings is 1. The van der Waals surface area contributed by atoms with E-state index in [4.69, 9.17) is 4.52 Å². The van der Waals surface area contributed by atoms with Crippen LogP contribution in [0.4, 0.5) is 5.82 Å². The molecule has 0 unspecified atom stereocenters. The van der Waals surface area contributed by atoms with E-state index in [0.717, 1.165) is 35.6 Å².